The fraction of sp³-hybridized carbons (Fsp3) is 0.149. The summed E-state index contributed by atoms with van der Waals surface area (Å²) in [5, 5.41) is 57.2. The smallest absolute Gasteiger partial charge is 0.296 e. The highest BCUT2D eigenvalue weighted by Gasteiger charge is 2.17. The number of rotatable bonds is 13. The van der Waals surface area contributed by atoms with Crippen molar-refractivity contribution in [3.63, 3.8) is 0 Å². The maximum atomic E-state index is 11.9. The van der Waals surface area contributed by atoms with E-state index in [1.54, 1.807) is 24.3 Å². The van der Waals surface area contributed by atoms with E-state index >= 15 is 0 Å². The molecule has 7 aromatic carbocycles. The van der Waals surface area contributed by atoms with Crippen LogP contribution in [0, 0.1) is 41.5 Å². The van der Waals surface area contributed by atoms with Gasteiger partial charge in [-0.2, -0.15) is 39.1 Å². The Kier molecular flexibility index (Phi) is 12.9. The summed E-state index contributed by atoms with van der Waals surface area (Å²) in [6, 6.07) is 33.6. The van der Waals surface area contributed by atoms with Crippen molar-refractivity contribution >= 4 is 72.1 Å². The van der Waals surface area contributed by atoms with Gasteiger partial charge in [-0.15, -0.1) is 10.2 Å². The van der Waals surface area contributed by atoms with Crippen molar-refractivity contribution in [1.82, 2.24) is 0 Å². The van der Waals surface area contributed by atoms with Gasteiger partial charge in [-0.3, -0.25) is 4.55 Å². The summed E-state index contributed by atoms with van der Waals surface area (Å²) in [5.41, 5.74) is 12.8. The van der Waals surface area contributed by atoms with Crippen molar-refractivity contribution in [2.24, 2.45) is 40.9 Å². The maximum Gasteiger partial charge on any atom is 0.296 e. The first-order chi connectivity index (χ1) is 30.2. The van der Waals surface area contributed by atoms with Crippen LogP contribution < -0.4 is 10.3 Å². The molecule has 0 unspecified atom stereocenters. The molecule has 4 N–H and O–H groups in total. The third-order valence-electron chi connectivity index (χ3n) is 10.1. The molecule has 0 heterocycles. The SMILES string of the molecule is Cc1cc(N=Nc2cc(C)c(N=Nc3ccc4cc(NOc5ccccc5)ccc4c3O)cc2C)c(C)cc1N=Nc1cc(C)c(N=Nc2ccc(CO)cc2S(=O)(=O)O)cc1C. The Balaban J connectivity index is 1.02. The summed E-state index contributed by atoms with van der Waals surface area (Å²) in [4.78, 5) is 5.18. The number of aromatic hydroxyl groups is 1. The average molecular weight is 862 g/mol. The van der Waals surface area contributed by atoms with E-state index in [0.29, 0.717) is 62.1 Å². The Morgan fingerprint density at radius 2 is 0.937 bits per heavy atom. The molecule has 0 amide bonds. The van der Waals surface area contributed by atoms with Gasteiger partial charge in [0.15, 0.2) is 11.5 Å². The van der Waals surface area contributed by atoms with Gasteiger partial charge in [-0.1, -0.05) is 30.3 Å². The molecule has 318 valence electrons. The number of azo groups is 4. The topological polar surface area (TPSA) is 215 Å². The molecule has 7 rings (SSSR count). The first-order valence-corrected chi connectivity index (χ1v) is 21.1. The van der Waals surface area contributed by atoms with Crippen molar-refractivity contribution in [3.05, 3.63) is 154 Å². The van der Waals surface area contributed by atoms with Crippen molar-refractivity contribution in [1.29, 1.82) is 0 Å². The Morgan fingerprint density at radius 1 is 0.508 bits per heavy atom. The van der Waals surface area contributed by atoms with Crippen LogP contribution in [-0.2, 0) is 16.7 Å². The van der Waals surface area contributed by atoms with Crippen LogP contribution in [0.5, 0.6) is 11.5 Å². The zero-order valence-electron chi connectivity index (χ0n) is 35.2. The molecule has 7 aromatic rings. The highest BCUT2D eigenvalue weighted by atomic mass is 32.2. The molecule has 0 atom stereocenters. The molecule has 0 bridgehead atoms. The Hall–Kier alpha value is -7.53. The second-order valence-electron chi connectivity index (χ2n) is 14.9. The van der Waals surface area contributed by atoms with Gasteiger partial charge in [0.1, 0.15) is 16.3 Å². The number of hydrogen-bond donors (Lipinski definition) is 4. The molecule has 16 heteroatoms. The summed E-state index contributed by atoms with van der Waals surface area (Å²) in [7, 11) is -4.60. The molecule has 0 aliphatic rings. The van der Waals surface area contributed by atoms with Crippen LogP contribution in [0.1, 0.15) is 38.9 Å². The summed E-state index contributed by atoms with van der Waals surface area (Å²) in [5.74, 6) is 0.703. The van der Waals surface area contributed by atoms with E-state index in [1.807, 2.05) is 114 Å². The fourth-order valence-electron chi connectivity index (χ4n) is 6.43. The molecular formula is C47H43N9O6S. The number of nitrogens with one attached hydrogen (secondary N) is 1. The third kappa shape index (κ3) is 10.3. The van der Waals surface area contributed by atoms with Gasteiger partial charge < -0.3 is 15.1 Å². The van der Waals surface area contributed by atoms with E-state index in [0.717, 1.165) is 45.0 Å². The van der Waals surface area contributed by atoms with Gasteiger partial charge >= 0.3 is 0 Å². The lowest BCUT2D eigenvalue weighted by Gasteiger charge is -2.10. The van der Waals surface area contributed by atoms with Crippen molar-refractivity contribution in [3.8, 4) is 11.5 Å². The average Bonchev–Trinajstić information content (AvgIpc) is 3.26. The largest absolute Gasteiger partial charge is 0.505 e. The number of para-hydroxylation sites is 1. The minimum absolute atomic E-state index is 0.0227. The molecule has 0 spiro atoms. The summed E-state index contributed by atoms with van der Waals surface area (Å²) in [6.07, 6.45) is 0. The number of aliphatic hydroxyl groups excluding tert-OH is 1. The van der Waals surface area contributed by atoms with E-state index in [-0.39, 0.29) is 11.4 Å². The number of phenolic OH excluding ortho intramolecular Hbond substituents is 1. The third-order valence-corrected chi connectivity index (χ3v) is 11.0. The van der Waals surface area contributed by atoms with E-state index in [1.165, 1.54) is 12.1 Å². The molecule has 15 nitrogen and oxygen atoms in total. The van der Waals surface area contributed by atoms with Crippen LogP contribution >= 0.6 is 0 Å². The number of fused-ring (bicyclic) bond motifs is 1. The summed E-state index contributed by atoms with van der Waals surface area (Å²) in [6.45, 7) is 10.9. The molecular weight excluding hydrogens is 819 g/mol. The number of phenols is 1. The Labute approximate surface area is 364 Å². The van der Waals surface area contributed by atoms with Crippen LogP contribution in [0.4, 0.5) is 51.2 Å². The quantitative estimate of drug-likeness (QED) is 0.0499. The van der Waals surface area contributed by atoms with Crippen LogP contribution in [-0.4, -0.2) is 23.2 Å². The lowest BCUT2D eigenvalue weighted by atomic mass is 10.1. The van der Waals surface area contributed by atoms with Crippen molar-refractivity contribution < 1.29 is 28.0 Å². The van der Waals surface area contributed by atoms with Crippen molar-refractivity contribution in [2.45, 2.75) is 53.0 Å². The predicted molar refractivity (Wildman–Crippen MR) is 243 cm³/mol. The molecule has 0 saturated carbocycles. The Bertz CT molecular complexity index is 3120. The van der Waals surface area contributed by atoms with Gasteiger partial charge in [0, 0.05) is 5.39 Å². The monoisotopic (exact) mass is 861 g/mol. The predicted octanol–water partition coefficient (Wildman–Crippen LogP) is 14.2. The van der Waals surface area contributed by atoms with Crippen LogP contribution in [0.3, 0.4) is 0 Å². The number of benzene rings is 7. The minimum atomic E-state index is -4.60. The van der Waals surface area contributed by atoms with Gasteiger partial charge in [0.05, 0.1) is 46.4 Å². The number of aliphatic hydroxyl groups is 1. The standard InChI is InChI=1S/C47H43N9O6S/c1-27-20-42(29(3)18-40(27)50-48-38-16-12-33(26-57)24-46(38)63(59,60)61)52-54-44-22-32(6)45(23-31(44)5)55-53-43-21-28(2)41(19-30(43)4)51-49-39-17-13-34-25-35(14-15-37(34)47(39)58)56-62-36-10-8-7-9-11-36/h7-25,56-58H,26H2,1-6H3,(H,59,60,61). The van der Waals surface area contributed by atoms with Crippen LogP contribution in [0.15, 0.2) is 161 Å². The van der Waals surface area contributed by atoms with E-state index in [9.17, 15) is 23.2 Å². The van der Waals surface area contributed by atoms with Crippen LogP contribution in [0.25, 0.3) is 10.8 Å². The number of hydrogen-bond acceptors (Lipinski definition) is 14. The molecule has 0 radical (unpaired) electrons. The van der Waals surface area contributed by atoms with E-state index in [4.69, 9.17) is 4.84 Å². The molecule has 63 heavy (non-hydrogen) atoms. The van der Waals surface area contributed by atoms with Gasteiger partial charge in [-0.05, 0) is 171 Å². The number of aryl methyl sites for hydroxylation is 6. The first-order valence-electron chi connectivity index (χ1n) is 19.6. The number of anilines is 1. The molecule has 0 fully saturated rings. The van der Waals surface area contributed by atoms with Gasteiger partial charge in [0.25, 0.3) is 10.1 Å². The normalized spacial score (nSPS) is 12.1. The fourth-order valence-corrected chi connectivity index (χ4v) is 7.11. The van der Waals surface area contributed by atoms with Crippen molar-refractivity contribution in [2.75, 3.05) is 5.48 Å². The van der Waals surface area contributed by atoms with Gasteiger partial charge in [-0.25, -0.2) is 5.48 Å². The Morgan fingerprint density at radius 3 is 1.38 bits per heavy atom. The minimum Gasteiger partial charge on any atom is -0.505 e. The zero-order valence-corrected chi connectivity index (χ0v) is 36.0. The lowest BCUT2D eigenvalue weighted by molar-refractivity contribution is 0.281. The molecule has 0 saturated heterocycles. The first kappa shape index (κ1) is 43.6. The second kappa shape index (κ2) is 18.6. The highest BCUT2D eigenvalue weighted by Crippen LogP contribution is 2.39. The molecule has 0 aromatic heterocycles. The summed E-state index contributed by atoms with van der Waals surface area (Å²) < 4.78 is 33.5. The van der Waals surface area contributed by atoms with Crippen LogP contribution in [0.2, 0.25) is 0 Å². The second-order valence-corrected chi connectivity index (χ2v) is 16.3. The van der Waals surface area contributed by atoms with Gasteiger partial charge in [0.2, 0.25) is 0 Å². The summed E-state index contributed by atoms with van der Waals surface area (Å²) >= 11 is 0. The molecule has 0 aliphatic heterocycles. The number of nitrogens with zero attached hydrogens (tertiary/aromatic N) is 8. The lowest BCUT2D eigenvalue weighted by Crippen LogP contribution is -2.04. The zero-order chi connectivity index (χ0) is 44.8. The highest BCUT2D eigenvalue weighted by molar-refractivity contribution is 7.86. The van der Waals surface area contributed by atoms with E-state index < -0.39 is 21.6 Å². The molecule has 0 aliphatic carbocycles. The maximum absolute atomic E-state index is 11.9. The van der Waals surface area contributed by atoms with E-state index in [2.05, 4.69) is 46.4 Å².